The standard InChI is InChI=1S/C25H42O4/c1-15(8-11-22(28)29-4)17-9-10-18-23-19(14-21(27)25(17,18)3)24(2)12-6-5-7-16(24)13-20(23)26/h15-21,23,26-27H,5-14H2,1-4H3/t15-,16-,17-,18+,19+,20-,21+,23+,24+,25-/m1/s1. The molecule has 0 bridgehead atoms. The largest absolute Gasteiger partial charge is 0.469 e. The van der Waals surface area contributed by atoms with Crippen molar-refractivity contribution in [2.24, 2.45) is 46.3 Å². The third-order valence-electron chi connectivity index (χ3n) is 10.5. The molecule has 0 aromatic carbocycles. The lowest BCUT2D eigenvalue weighted by molar-refractivity contribution is -0.201. The summed E-state index contributed by atoms with van der Waals surface area (Å²) in [6.45, 7) is 7.02. The van der Waals surface area contributed by atoms with Crippen LogP contribution in [0.5, 0.6) is 0 Å². The molecule has 0 aromatic heterocycles. The van der Waals surface area contributed by atoms with Gasteiger partial charge in [-0.1, -0.05) is 33.6 Å². The van der Waals surface area contributed by atoms with Crippen LogP contribution in [0.15, 0.2) is 0 Å². The highest BCUT2D eigenvalue weighted by Crippen LogP contribution is 2.68. The number of aliphatic hydroxyl groups excluding tert-OH is 2. The summed E-state index contributed by atoms with van der Waals surface area (Å²) in [5.41, 5.74) is 0.147. The molecule has 4 rings (SSSR count). The van der Waals surface area contributed by atoms with Gasteiger partial charge < -0.3 is 14.9 Å². The Labute approximate surface area is 176 Å². The molecule has 4 heteroatoms. The fraction of sp³-hybridized carbons (Fsp3) is 0.960. The second-order valence-corrected chi connectivity index (χ2v) is 11.4. The second kappa shape index (κ2) is 7.82. The van der Waals surface area contributed by atoms with E-state index in [1.807, 2.05) is 0 Å². The molecule has 0 amide bonds. The number of methoxy groups -OCH3 is 1. The van der Waals surface area contributed by atoms with Crippen LogP contribution in [0.1, 0.15) is 85.0 Å². The predicted octanol–water partition coefficient (Wildman–Crippen LogP) is 4.57. The molecule has 4 saturated carbocycles. The molecular formula is C25H42O4. The van der Waals surface area contributed by atoms with Gasteiger partial charge in [-0.05, 0) is 91.3 Å². The lowest BCUT2D eigenvalue weighted by Crippen LogP contribution is -2.61. The van der Waals surface area contributed by atoms with E-state index in [-0.39, 0.29) is 23.6 Å². The van der Waals surface area contributed by atoms with E-state index in [9.17, 15) is 15.0 Å². The number of hydrogen-bond acceptors (Lipinski definition) is 4. The zero-order valence-corrected chi connectivity index (χ0v) is 18.9. The lowest BCUT2D eigenvalue weighted by Gasteiger charge is -2.63. The monoisotopic (exact) mass is 406 g/mol. The Balaban J connectivity index is 1.58. The highest BCUT2D eigenvalue weighted by Gasteiger charge is 2.65. The van der Waals surface area contributed by atoms with E-state index in [4.69, 9.17) is 4.74 Å². The molecule has 0 radical (unpaired) electrons. The van der Waals surface area contributed by atoms with E-state index < -0.39 is 0 Å². The Morgan fingerprint density at radius 3 is 2.59 bits per heavy atom. The average Bonchev–Trinajstić information content (AvgIpc) is 3.05. The molecule has 0 unspecified atom stereocenters. The summed E-state index contributed by atoms with van der Waals surface area (Å²) in [6, 6.07) is 0. The Bertz CT molecular complexity index is 620. The molecule has 29 heavy (non-hydrogen) atoms. The number of esters is 1. The maximum Gasteiger partial charge on any atom is 0.305 e. The van der Waals surface area contributed by atoms with Crippen molar-refractivity contribution in [3.63, 3.8) is 0 Å². The smallest absolute Gasteiger partial charge is 0.305 e. The summed E-state index contributed by atoms with van der Waals surface area (Å²) in [7, 11) is 1.45. The van der Waals surface area contributed by atoms with Crippen molar-refractivity contribution in [3.8, 4) is 0 Å². The van der Waals surface area contributed by atoms with Gasteiger partial charge in [-0.15, -0.1) is 0 Å². The summed E-state index contributed by atoms with van der Waals surface area (Å²) in [6.07, 6.45) is 9.92. The van der Waals surface area contributed by atoms with Crippen LogP contribution >= 0.6 is 0 Å². The third kappa shape index (κ3) is 3.28. The van der Waals surface area contributed by atoms with Crippen LogP contribution in [0.2, 0.25) is 0 Å². The minimum Gasteiger partial charge on any atom is -0.469 e. The van der Waals surface area contributed by atoms with Crippen molar-refractivity contribution in [1.82, 2.24) is 0 Å². The van der Waals surface area contributed by atoms with Crippen LogP contribution in [0, 0.1) is 46.3 Å². The first-order valence-corrected chi connectivity index (χ1v) is 12.2. The SMILES string of the molecule is COC(=O)CC[C@@H](C)[C@H]1CC[C@H]2[C@@H]3[C@H](O)C[C@H]4CCCC[C@]4(C)[C@H]3C[C@H](O)[C@]12C. The summed E-state index contributed by atoms with van der Waals surface area (Å²) in [4.78, 5) is 11.7. The van der Waals surface area contributed by atoms with Crippen molar-refractivity contribution in [1.29, 1.82) is 0 Å². The van der Waals surface area contributed by atoms with Gasteiger partial charge in [-0.2, -0.15) is 0 Å². The molecule has 4 fully saturated rings. The van der Waals surface area contributed by atoms with Crippen molar-refractivity contribution in [3.05, 3.63) is 0 Å². The van der Waals surface area contributed by atoms with Crippen LogP contribution in [-0.2, 0) is 9.53 Å². The Morgan fingerprint density at radius 2 is 1.86 bits per heavy atom. The number of ether oxygens (including phenoxy) is 1. The molecule has 2 N–H and O–H groups in total. The van der Waals surface area contributed by atoms with Crippen molar-refractivity contribution >= 4 is 5.97 Å². The van der Waals surface area contributed by atoms with E-state index in [2.05, 4.69) is 20.8 Å². The minimum atomic E-state index is -0.300. The summed E-state index contributed by atoms with van der Waals surface area (Å²) >= 11 is 0. The van der Waals surface area contributed by atoms with E-state index >= 15 is 0 Å². The second-order valence-electron chi connectivity index (χ2n) is 11.4. The van der Waals surface area contributed by atoms with Gasteiger partial charge in [-0.25, -0.2) is 0 Å². The number of rotatable bonds is 4. The molecule has 0 aromatic rings. The zero-order valence-electron chi connectivity index (χ0n) is 18.9. The molecular weight excluding hydrogens is 364 g/mol. The number of fused-ring (bicyclic) bond motifs is 5. The summed E-state index contributed by atoms with van der Waals surface area (Å²) in [5, 5.41) is 22.8. The van der Waals surface area contributed by atoms with Gasteiger partial charge in [0.2, 0.25) is 0 Å². The minimum absolute atomic E-state index is 0.139. The molecule has 4 aliphatic rings. The van der Waals surface area contributed by atoms with E-state index in [1.54, 1.807) is 0 Å². The van der Waals surface area contributed by atoms with Gasteiger partial charge in [0.25, 0.3) is 0 Å². The van der Waals surface area contributed by atoms with Crippen LogP contribution in [0.3, 0.4) is 0 Å². The zero-order chi connectivity index (χ0) is 21.0. The molecule has 0 heterocycles. The van der Waals surface area contributed by atoms with Crippen molar-refractivity contribution in [2.75, 3.05) is 7.11 Å². The molecule has 0 aliphatic heterocycles. The maximum absolute atomic E-state index is 11.7. The Morgan fingerprint density at radius 1 is 1.10 bits per heavy atom. The highest BCUT2D eigenvalue weighted by atomic mass is 16.5. The fourth-order valence-corrected chi connectivity index (χ4v) is 8.84. The number of hydrogen-bond donors (Lipinski definition) is 2. The quantitative estimate of drug-likeness (QED) is 0.671. The van der Waals surface area contributed by atoms with Gasteiger partial charge in [0.1, 0.15) is 0 Å². The number of aliphatic hydroxyl groups is 2. The molecule has 4 aliphatic carbocycles. The topological polar surface area (TPSA) is 66.8 Å². The van der Waals surface area contributed by atoms with Gasteiger partial charge in [0.15, 0.2) is 0 Å². The molecule has 166 valence electrons. The predicted molar refractivity (Wildman–Crippen MR) is 113 cm³/mol. The maximum atomic E-state index is 11.7. The van der Waals surface area contributed by atoms with E-state index in [1.165, 1.54) is 32.8 Å². The Kier molecular flexibility index (Phi) is 5.83. The number of carbonyl (C=O) groups is 1. The van der Waals surface area contributed by atoms with Gasteiger partial charge in [0.05, 0.1) is 19.3 Å². The normalized spacial score (nSPS) is 50.2. The number of carbonyl (C=O) groups excluding carboxylic acids is 1. The summed E-state index contributed by atoms with van der Waals surface area (Å²) < 4.78 is 4.84. The fourth-order valence-electron chi connectivity index (χ4n) is 8.84. The van der Waals surface area contributed by atoms with E-state index in [0.29, 0.717) is 47.3 Å². The van der Waals surface area contributed by atoms with Crippen LogP contribution in [0.25, 0.3) is 0 Å². The molecule has 0 saturated heterocycles. The first-order chi connectivity index (χ1) is 13.7. The van der Waals surface area contributed by atoms with Crippen molar-refractivity contribution < 1.29 is 19.7 Å². The van der Waals surface area contributed by atoms with Crippen molar-refractivity contribution in [2.45, 2.75) is 97.2 Å². The van der Waals surface area contributed by atoms with Gasteiger partial charge in [0, 0.05) is 6.42 Å². The molecule has 0 spiro atoms. The lowest BCUT2D eigenvalue weighted by atomic mass is 9.43. The average molecular weight is 407 g/mol. The summed E-state index contributed by atoms with van der Waals surface area (Å²) in [5.74, 6) is 2.47. The van der Waals surface area contributed by atoms with Gasteiger partial charge in [-0.3, -0.25) is 4.79 Å². The van der Waals surface area contributed by atoms with Gasteiger partial charge >= 0.3 is 5.97 Å². The third-order valence-corrected chi connectivity index (χ3v) is 10.5. The first kappa shape index (κ1) is 21.6. The molecule has 10 atom stereocenters. The Hall–Kier alpha value is -0.610. The first-order valence-electron chi connectivity index (χ1n) is 12.2. The molecule has 4 nitrogen and oxygen atoms in total. The van der Waals surface area contributed by atoms with Crippen LogP contribution < -0.4 is 0 Å². The highest BCUT2D eigenvalue weighted by molar-refractivity contribution is 5.69. The van der Waals surface area contributed by atoms with E-state index in [0.717, 1.165) is 32.1 Å². The van der Waals surface area contributed by atoms with Crippen LogP contribution in [-0.4, -0.2) is 35.5 Å². The van der Waals surface area contributed by atoms with Crippen LogP contribution in [0.4, 0.5) is 0 Å².